The summed E-state index contributed by atoms with van der Waals surface area (Å²) in [6, 6.07) is 14.9. The molecule has 31 heavy (non-hydrogen) atoms. The van der Waals surface area contributed by atoms with E-state index in [1.807, 2.05) is 37.3 Å². The first-order chi connectivity index (χ1) is 15.1. The van der Waals surface area contributed by atoms with Gasteiger partial charge in [-0.05, 0) is 37.3 Å². The molecule has 0 aliphatic carbocycles. The van der Waals surface area contributed by atoms with Crippen molar-refractivity contribution >= 4 is 45.4 Å². The minimum atomic E-state index is -0.417. The number of amides is 1. The molecule has 3 aromatic heterocycles. The van der Waals surface area contributed by atoms with E-state index in [1.54, 1.807) is 29.1 Å². The van der Waals surface area contributed by atoms with Crippen LogP contribution in [-0.4, -0.2) is 40.9 Å². The summed E-state index contributed by atoms with van der Waals surface area (Å²) in [6.07, 6.45) is 3.19. The fourth-order valence-electron chi connectivity index (χ4n) is 3.25. The number of hydrogen-bond donors (Lipinski definition) is 3. The van der Waals surface area contributed by atoms with Crippen LogP contribution in [0.1, 0.15) is 6.92 Å². The molecule has 0 fully saturated rings. The zero-order chi connectivity index (χ0) is 21.4. The van der Waals surface area contributed by atoms with Crippen molar-refractivity contribution in [1.82, 2.24) is 29.7 Å². The number of benzene rings is 2. The minimum Gasteiger partial charge on any atom is -0.325 e. The summed E-state index contributed by atoms with van der Waals surface area (Å²) in [4.78, 5) is 38.3. The SMILES string of the molecule is CC(Sc1ncnc2c1cnn2-c1ccccc1)C(=O)Nc1ccc2[nH]c(=O)[nH]c2c1. The lowest BCUT2D eigenvalue weighted by Gasteiger charge is -2.12. The van der Waals surface area contributed by atoms with Crippen molar-refractivity contribution in [2.24, 2.45) is 0 Å². The van der Waals surface area contributed by atoms with Gasteiger partial charge in [-0.25, -0.2) is 19.4 Å². The highest BCUT2D eigenvalue weighted by Gasteiger charge is 2.19. The van der Waals surface area contributed by atoms with Crippen molar-refractivity contribution in [3.63, 3.8) is 0 Å². The van der Waals surface area contributed by atoms with Crippen LogP contribution < -0.4 is 11.0 Å². The quantitative estimate of drug-likeness (QED) is 0.290. The van der Waals surface area contributed by atoms with Gasteiger partial charge in [-0.2, -0.15) is 5.10 Å². The van der Waals surface area contributed by atoms with Crippen LogP contribution in [0.3, 0.4) is 0 Å². The van der Waals surface area contributed by atoms with E-state index in [0.717, 1.165) is 11.1 Å². The lowest BCUT2D eigenvalue weighted by atomic mass is 10.2. The summed E-state index contributed by atoms with van der Waals surface area (Å²) in [5.41, 5.74) is 3.21. The van der Waals surface area contributed by atoms with Gasteiger partial charge >= 0.3 is 5.69 Å². The lowest BCUT2D eigenvalue weighted by Crippen LogP contribution is -2.22. The Bertz CT molecular complexity index is 1460. The Morgan fingerprint density at radius 2 is 1.90 bits per heavy atom. The molecule has 0 aliphatic heterocycles. The highest BCUT2D eigenvalue weighted by Crippen LogP contribution is 2.29. The number of carbonyl (C=O) groups excluding carboxylic acids is 1. The van der Waals surface area contributed by atoms with Crippen LogP contribution in [0.25, 0.3) is 27.8 Å². The zero-order valence-corrected chi connectivity index (χ0v) is 17.2. The Hall–Kier alpha value is -3.92. The van der Waals surface area contributed by atoms with Crippen LogP contribution in [-0.2, 0) is 4.79 Å². The number of nitrogens with one attached hydrogen (secondary N) is 3. The minimum absolute atomic E-state index is 0.176. The van der Waals surface area contributed by atoms with Gasteiger partial charge < -0.3 is 15.3 Å². The van der Waals surface area contributed by atoms with E-state index in [1.165, 1.54) is 18.1 Å². The second-order valence-electron chi connectivity index (χ2n) is 6.90. The third-order valence-electron chi connectivity index (χ3n) is 4.77. The first-order valence-electron chi connectivity index (χ1n) is 9.52. The van der Waals surface area contributed by atoms with Crippen LogP contribution in [0.5, 0.6) is 0 Å². The molecule has 5 aromatic rings. The van der Waals surface area contributed by atoms with E-state index in [2.05, 4.69) is 30.4 Å². The van der Waals surface area contributed by atoms with Crippen LogP contribution in [0.4, 0.5) is 5.69 Å². The number of nitrogens with zero attached hydrogens (tertiary/aromatic N) is 4. The maximum atomic E-state index is 12.7. The fraction of sp³-hybridized carbons (Fsp3) is 0.0952. The van der Waals surface area contributed by atoms with Crippen molar-refractivity contribution in [1.29, 1.82) is 0 Å². The van der Waals surface area contributed by atoms with Crippen molar-refractivity contribution in [3.8, 4) is 5.69 Å². The summed E-state index contributed by atoms with van der Waals surface area (Å²) in [7, 11) is 0. The fourth-order valence-corrected chi connectivity index (χ4v) is 4.13. The van der Waals surface area contributed by atoms with Gasteiger partial charge in [-0.15, -0.1) is 0 Å². The number of imidazole rings is 1. The van der Waals surface area contributed by atoms with Crippen molar-refractivity contribution in [2.45, 2.75) is 17.2 Å². The largest absolute Gasteiger partial charge is 0.325 e. The predicted octanol–water partition coefficient (Wildman–Crippen LogP) is 3.10. The van der Waals surface area contributed by atoms with Gasteiger partial charge in [-0.1, -0.05) is 30.0 Å². The number of carbonyl (C=O) groups is 1. The molecule has 3 N–H and O–H groups in total. The van der Waals surface area contributed by atoms with Crippen LogP contribution >= 0.6 is 11.8 Å². The van der Waals surface area contributed by atoms with Gasteiger partial charge in [0, 0.05) is 5.69 Å². The first-order valence-corrected chi connectivity index (χ1v) is 10.4. The number of para-hydroxylation sites is 1. The van der Waals surface area contributed by atoms with Crippen LogP contribution in [0.2, 0.25) is 0 Å². The number of hydrogen-bond acceptors (Lipinski definition) is 6. The molecule has 5 rings (SSSR count). The molecule has 1 unspecified atom stereocenters. The maximum absolute atomic E-state index is 12.7. The highest BCUT2D eigenvalue weighted by molar-refractivity contribution is 8.00. The van der Waals surface area contributed by atoms with Gasteiger partial charge in [0.1, 0.15) is 11.4 Å². The van der Waals surface area contributed by atoms with Crippen LogP contribution in [0, 0.1) is 0 Å². The Morgan fingerprint density at radius 3 is 2.74 bits per heavy atom. The molecule has 1 atom stereocenters. The number of rotatable bonds is 5. The van der Waals surface area contributed by atoms with E-state index >= 15 is 0 Å². The molecule has 1 amide bonds. The molecular formula is C21H17N7O2S. The van der Waals surface area contributed by atoms with E-state index in [-0.39, 0.29) is 11.6 Å². The summed E-state index contributed by atoms with van der Waals surface area (Å²) >= 11 is 1.34. The molecule has 10 heteroatoms. The first kappa shape index (κ1) is 19.1. The highest BCUT2D eigenvalue weighted by atomic mass is 32.2. The summed E-state index contributed by atoms with van der Waals surface area (Å²) in [5, 5.41) is 8.37. The smallest absolute Gasteiger partial charge is 0.323 e. The molecule has 3 heterocycles. The Balaban J connectivity index is 1.36. The third-order valence-corrected chi connectivity index (χ3v) is 5.89. The number of fused-ring (bicyclic) bond motifs is 2. The molecule has 9 nitrogen and oxygen atoms in total. The topological polar surface area (TPSA) is 121 Å². The molecule has 0 spiro atoms. The molecule has 0 bridgehead atoms. The molecule has 0 saturated carbocycles. The second kappa shape index (κ2) is 7.73. The molecule has 0 saturated heterocycles. The average molecular weight is 431 g/mol. The lowest BCUT2D eigenvalue weighted by molar-refractivity contribution is -0.115. The van der Waals surface area contributed by atoms with Gasteiger partial charge in [0.05, 0.1) is 33.6 Å². The Kier molecular flexibility index (Phi) is 4.75. The number of H-pyrrole nitrogens is 2. The monoisotopic (exact) mass is 431 g/mol. The second-order valence-corrected chi connectivity index (χ2v) is 8.23. The summed E-state index contributed by atoms with van der Waals surface area (Å²) in [6.45, 7) is 1.81. The van der Waals surface area contributed by atoms with Gasteiger partial charge in [0.25, 0.3) is 0 Å². The predicted molar refractivity (Wildman–Crippen MR) is 120 cm³/mol. The molecule has 2 aromatic carbocycles. The van der Waals surface area contributed by atoms with Crippen molar-refractivity contribution in [3.05, 3.63) is 71.5 Å². The van der Waals surface area contributed by atoms with Gasteiger partial charge in [0.15, 0.2) is 5.65 Å². The van der Waals surface area contributed by atoms with E-state index in [0.29, 0.717) is 27.4 Å². The Morgan fingerprint density at radius 1 is 1.10 bits per heavy atom. The van der Waals surface area contributed by atoms with Gasteiger partial charge in [-0.3, -0.25) is 4.79 Å². The average Bonchev–Trinajstić information content (AvgIpc) is 3.37. The van der Waals surface area contributed by atoms with E-state index in [4.69, 9.17) is 0 Å². The number of aromatic nitrogens is 6. The summed E-state index contributed by atoms with van der Waals surface area (Å²) < 4.78 is 1.75. The maximum Gasteiger partial charge on any atom is 0.323 e. The van der Waals surface area contributed by atoms with E-state index in [9.17, 15) is 9.59 Å². The third kappa shape index (κ3) is 3.68. The molecular weight excluding hydrogens is 414 g/mol. The van der Waals surface area contributed by atoms with E-state index < -0.39 is 5.25 Å². The summed E-state index contributed by atoms with van der Waals surface area (Å²) in [5.74, 6) is -0.176. The van der Waals surface area contributed by atoms with Crippen LogP contribution in [0.15, 0.2) is 70.9 Å². The normalized spacial score (nSPS) is 12.3. The van der Waals surface area contributed by atoms with Crippen molar-refractivity contribution in [2.75, 3.05) is 5.32 Å². The molecule has 0 radical (unpaired) electrons. The molecule has 154 valence electrons. The van der Waals surface area contributed by atoms with Gasteiger partial charge in [0.2, 0.25) is 5.91 Å². The number of thioether (sulfide) groups is 1. The molecule has 0 aliphatic rings. The standard InChI is InChI=1S/C21H17N7O2S/c1-12(19(29)25-13-7-8-16-17(9-13)27-21(30)26-16)31-20-15-10-24-28(18(15)22-11-23-20)14-5-3-2-4-6-14/h2-12H,1H3,(H,25,29)(H2,26,27,30). The number of anilines is 1. The Labute approximate surface area is 179 Å². The zero-order valence-electron chi connectivity index (χ0n) is 16.4. The van der Waals surface area contributed by atoms with Crippen molar-refractivity contribution < 1.29 is 4.79 Å². The number of aromatic amines is 2.